The molecule has 0 aromatic heterocycles. The van der Waals surface area contributed by atoms with E-state index in [2.05, 4.69) is 10.6 Å². The molecule has 114 valence electrons. The molecule has 3 nitrogen and oxygen atoms in total. The second kappa shape index (κ2) is 6.60. The van der Waals surface area contributed by atoms with E-state index in [-0.39, 0.29) is 24.4 Å². The number of hydrogen-bond acceptors (Lipinski definition) is 1. The summed E-state index contributed by atoms with van der Waals surface area (Å²) in [4.78, 5) is 12.1. The lowest BCUT2D eigenvalue weighted by Gasteiger charge is -2.19. The van der Waals surface area contributed by atoms with Crippen LogP contribution in [0.1, 0.15) is 30.0 Å². The van der Waals surface area contributed by atoms with Gasteiger partial charge in [0.2, 0.25) is 0 Å². The Morgan fingerprint density at radius 3 is 2.45 bits per heavy atom. The third-order valence-corrected chi connectivity index (χ3v) is 3.94. The number of carbonyl (C=O) groups is 1. The Morgan fingerprint density at radius 2 is 1.77 bits per heavy atom. The number of hydrogen-bond donors (Lipinski definition) is 2. The molecule has 1 aliphatic rings. The van der Waals surface area contributed by atoms with Crippen molar-refractivity contribution in [1.29, 1.82) is 0 Å². The van der Waals surface area contributed by atoms with Crippen molar-refractivity contribution in [1.82, 2.24) is 10.6 Å². The highest BCUT2D eigenvalue weighted by Crippen LogP contribution is 2.40. The number of amides is 2. The summed E-state index contributed by atoms with van der Waals surface area (Å²) in [5.41, 5.74) is 1.60. The van der Waals surface area contributed by atoms with Gasteiger partial charge in [-0.3, -0.25) is 0 Å². The van der Waals surface area contributed by atoms with Gasteiger partial charge in [0, 0.05) is 12.1 Å². The summed E-state index contributed by atoms with van der Waals surface area (Å²) in [6.07, 6.45) is 2.26. The molecule has 0 radical (unpaired) electrons. The van der Waals surface area contributed by atoms with Crippen molar-refractivity contribution in [3.63, 3.8) is 0 Å². The number of nitrogens with one attached hydrogen (secondary N) is 2. The zero-order valence-corrected chi connectivity index (χ0v) is 12.3. The monoisotopic (exact) mass is 298 g/mol. The molecule has 2 N–H and O–H groups in total. The van der Waals surface area contributed by atoms with E-state index in [1.165, 1.54) is 6.07 Å². The topological polar surface area (TPSA) is 41.1 Å². The standard InChI is InChI=1S/C18H19FN2O/c19-16-9-5-4-8-15(16)12-20-18(22)21-17(14-10-11-14)13-6-2-1-3-7-13/h1-9,14,17H,10-12H2,(H2,20,21,22). The molecule has 2 amide bonds. The van der Waals surface area contributed by atoms with E-state index in [1.807, 2.05) is 30.3 Å². The Kier molecular flexibility index (Phi) is 4.37. The number of urea groups is 1. The van der Waals surface area contributed by atoms with Gasteiger partial charge in [-0.25, -0.2) is 9.18 Å². The molecular weight excluding hydrogens is 279 g/mol. The Balaban J connectivity index is 1.59. The SMILES string of the molecule is O=C(NCc1ccccc1F)NC(c1ccccc1)C1CC1. The van der Waals surface area contributed by atoms with Crippen LogP contribution in [0, 0.1) is 11.7 Å². The summed E-state index contributed by atoms with van der Waals surface area (Å²) < 4.78 is 13.5. The van der Waals surface area contributed by atoms with Gasteiger partial charge in [0.1, 0.15) is 5.82 Å². The number of rotatable bonds is 5. The van der Waals surface area contributed by atoms with Crippen LogP contribution >= 0.6 is 0 Å². The van der Waals surface area contributed by atoms with E-state index in [0.29, 0.717) is 11.5 Å². The molecule has 0 spiro atoms. The van der Waals surface area contributed by atoms with Crippen LogP contribution in [-0.4, -0.2) is 6.03 Å². The Bertz CT molecular complexity index is 641. The summed E-state index contributed by atoms with van der Waals surface area (Å²) in [5.74, 6) is 0.200. The number of carbonyl (C=O) groups excluding carboxylic acids is 1. The molecule has 1 fully saturated rings. The minimum Gasteiger partial charge on any atom is -0.334 e. The molecule has 1 atom stereocenters. The maximum atomic E-state index is 13.5. The van der Waals surface area contributed by atoms with Gasteiger partial charge in [-0.2, -0.15) is 0 Å². The van der Waals surface area contributed by atoms with E-state index in [0.717, 1.165) is 18.4 Å². The molecule has 1 aliphatic carbocycles. The van der Waals surface area contributed by atoms with Gasteiger partial charge in [-0.15, -0.1) is 0 Å². The second-order valence-electron chi connectivity index (χ2n) is 5.64. The highest BCUT2D eigenvalue weighted by atomic mass is 19.1. The van der Waals surface area contributed by atoms with Crippen molar-refractivity contribution in [3.05, 3.63) is 71.5 Å². The van der Waals surface area contributed by atoms with Gasteiger partial charge in [0.05, 0.1) is 6.04 Å². The smallest absolute Gasteiger partial charge is 0.315 e. The van der Waals surface area contributed by atoms with E-state index < -0.39 is 0 Å². The molecular formula is C18H19FN2O. The first-order valence-corrected chi connectivity index (χ1v) is 7.57. The van der Waals surface area contributed by atoms with Crippen LogP contribution in [0.3, 0.4) is 0 Å². The fourth-order valence-corrected chi connectivity index (χ4v) is 2.57. The summed E-state index contributed by atoms with van der Waals surface area (Å²) in [7, 11) is 0. The molecule has 3 rings (SSSR count). The predicted molar refractivity (Wildman–Crippen MR) is 83.7 cm³/mol. The van der Waals surface area contributed by atoms with E-state index in [9.17, 15) is 9.18 Å². The minimum atomic E-state index is -0.301. The first-order valence-electron chi connectivity index (χ1n) is 7.57. The second-order valence-corrected chi connectivity index (χ2v) is 5.64. The highest BCUT2D eigenvalue weighted by molar-refractivity contribution is 5.74. The van der Waals surface area contributed by atoms with Crippen molar-refractivity contribution < 1.29 is 9.18 Å². The Hall–Kier alpha value is -2.36. The first kappa shape index (κ1) is 14.6. The largest absolute Gasteiger partial charge is 0.334 e. The minimum absolute atomic E-state index is 0.0295. The molecule has 22 heavy (non-hydrogen) atoms. The normalized spacial score (nSPS) is 15.1. The Morgan fingerprint density at radius 1 is 1.09 bits per heavy atom. The van der Waals surface area contributed by atoms with E-state index >= 15 is 0 Å². The van der Waals surface area contributed by atoms with Crippen LogP contribution < -0.4 is 10.6 Å². The molecule has 0 saturated heterocycles. The summed E-state index contributed by atoms with van der Waals surface area (Å²) in [6, 6.07) is 16.2. The maximum Gasteiger partial charge on any atom is 0.315 e. The van der Waals surface area contributed by atoms with Crippen LogP contribution in [0.2, 0.25) is 0 Å². The van der Waals surface area contributed by atoms with Gasteiger partial charge >= 0.3 is 6.03 Å². The van der Waals surface area contributed by atoms with Crippen molar-refractivity contribution in [2.75, 3.05) is 0 Å². The lowest BCUT2D eigenvalue weighted by atomic mass is 10.0. The fraction of sp³-hybridized carbons (Fsp3) is 0.278. The Labute approximate surface area is 129 Å². The molecule has 4 heteroatoms. The quantitative estimate of drug-likeness (QED) is 0.866. The van der Waals surface area contributed by atoms with Crippen LogP contribution in [0.25, 0.3) is 0 Å². The molecule has 0 heterocycles. The predicted octanol–water partition coefficient (Wildman–Crippen LogP) is 3.78. The summed E-state index contributed by atoms with van der Waals surface area (Å²) >= 11 is 0. The van der Waals surface area contributed by atoms with Crippen molar-refractivity contribution >= 4 is 6.03 Å². The van der Waals surface area contributed by atoms with Gasteiger partial charge in [-0.1, -0.05) is 48.5 Å². The molecule has 2 aromatic carbocycles. The fourth-order valence-electron chi connectivity index (χ4n) is 2.57. The molecule has 1 saturated carbocycles. The zero-order valence-electron chi connectivity index (χ0n) is 12.3. The number of halogens is 1. The summed E-state index contributed by atoms with van der Waals surface area (Å²) in [6.45, 7) is 0.185. The van der Waals surface area contributed by atoms with Crippen LogP contribution in [0.4, 0.5) is 9.18 Å². The molecule has 2 aromatic rings. The third kappa shape index (κ3) is 3.64. The van der Waals surface area contributed by atoms with Gasteiger partial charge in [-0.05, 0) is 30.4 Å². The third-order valence-electron chi connectivity index (χ3n) is 3.94. The van der Waals surface area contributed by atoms with Crippen molar-refractivity contribution in [3.8, 4) is 0 Å². The van der Waals surface area contributed by atoms with Crippen LogP contribution in [0.15, 0.2) is 54.6 Å². The first-order chi connectivity index (χ1) is 10.7. The number of benzene rings is 2. The van der Waals surface area contributed by atoms with Gasteiger partial charge in [0.25, 0.3) is 0 Å². The lowest BCUT2D eigenvalue weighted by Crippen LogP contribution is -2.38. The average molecular weight is 298 g/mol. The van der Waals surface area contributed by atoms with Gasteiger partial charge < -0.3 is 10.6 Å². The molecule has 0 bridgehead atoms. The molecule has 0 aliphatic heterocycles. The maximum absolute atomic E-state index is 13.5. The van der Waals surface area contributed by atoms with Crippen molar-refractivity contribution in [2.45, 2.75) is 25.4 Å². The van der Waals surface area contributed by atoms with Gasteiger partial charge in [0.15, 0.2) is 0 Å². The van der Waals surface area contributed by atoms with Crippen LogP contribution in [0.5, 0.6) is 0 Å². The highest BCUT2D eigenvalue weighted by Gasteiger charge is 2.33. The van der Waals surface area contributed by atoms with E-state index in [4.69, 9.17) is 0 Å². The average Bonchev–Trinajstić information content (AvgIpc) is 3.37. The zero-order chi connectivity index (χ0) is 15.4. The van der Waals surface area contributed by atoms with Crippen molar-refractivity contribution in [2.24, 2.45) is 5.92 Å². The van der Waals surface area contributed by atoms with Crippen LogP contribution in [-0.2, 0) is 6.54 Å². The molecule has 1 unspecified atom stereocenters. The summed E-state index contributed by atoms with van der Waals surface area (Å²) in [5, 5.41) is 5.75. The van der Waals surface area contributed by atoms with E-state index in [1.54, 1.807) is 18.2 Å². The lowest BCUT2D eigenvalue weighted by molar-refractivity contribution is 0.235.